The average Bonchev–Trinajstić information content (AvgIpc) is 2.76. The molecule has 1 aromatic carbocycles. The summed E-state index contributed by atoms with van der Waals surface area (Å²) in [5.41, 5.74) is 3.62. The van der Waals surface area contributed by atoms with Crippen molar-refractivity contribution in [1.29, 1.82) is 0 Å². The molecule has 1 saturated heterocycles. The van der Waals surface area contributed by atoms with Crippen molar-refractivity contribution in [2.24, 2.45) is 18.9 Å². The van der Waals surface area contributed by atoms with Gasteiger partial charge in [0.1, 0.15) is 0 Å². The number of hydrogen-bond donors (Lipinski definition) is 0. The summed E-state index contributed by atoms with van der Waals surface area (Å²) in [5.74, 6) is 1.51. The van der Waals surface area contributed by atoms with E-state index in [1.165, 1.54) is 0 Å². The number of hydrogen-bond acceptors (Lipinski definition) is 3. The Morgan fingerprint density at radius 3 is 2.53 bits per heavy atom. The van der Waals surface area contributed by atoms with Crippen molar-refractivity contribution >= 4 is 16.7 Å². The molecule has 0 spiro atoms. The molecule has 5 nitrogen and oxygen atoms in total. The van der Waals surface area contributed by atoms with Gasteiger partial charge in [0.15, 0.2) is 0 Å². The summed E-state index contributed by atoms with van der Waals surface area (Å²) in [6.07, 6.45) is 7.35. The lowest BCUT2D eigenvalue weighted by atomic mass is 9.86. The molecule has 3 aromatic rings. The second-order valence-corrected chi connectivity index (χ2v) is 8.78. The SMILES string of the molecule is Cc1cc(-c2cn(C)c(=O)c3cnccc23)ccc1C(=O)N1CCC(C(C)C)CC1. The third kappa shape index (κ3) is 3.64. The number of amides is 1. The van der Waals surface area contributed by atoms with Gasteiger partial charge >= 0.3 is 0 Å². The van der Waals surface area contributed by atoms with Gasteiger partial charge in [0.25, 0.3) is 11.5 Å². The van der Waals surface area contributed by atoms with Gasteiger partial charge in [-0.25, -0.2) is 0 Å². The third-order valence-electron chi connectivity index (χ3n) is 6.52. The number of piperidine rings is 1. The van der Waals surface area contributed by atoms with E-state index in [9.17, 15) is 9.59 Å². The minimum Gasteiger partial charge on any atom is -0.339 e. The molecule has 0 bridgehead atoms. The number of aromatic nitrogens is 2. The lowest BCUT2D eigenvalue weighted by molar-refractivity contribution is 0.0667. The van der Waals surface area contributed by atoms with Crippen molar-refractivity contribution in [3.63, 3.8) is 0 Å². The first-order valence-electron chi connectivity index (χ1n) is 10.7. The lowest BCUT2D eigenvalue weighted by Crippen LogP contribution is -2.39. The molecule has 4 rings (SSSR count). The first kappa shape index (κ1) is 20.3. The second-order valence-electron chi connectivity index (χ2n) is 8.78. The van der Waals surface area contributed by atoms with Crippen molar-refractivity contribution in [2.45, 2.75) is 33.6 Å². The highest BCUT2D eigenvalue weighted by molar-refractivity contribution is 5.98. The van der Waals surface area contributed by atoms with Crippen LogP contribution in [-0.4, -0.2) is 33.4 Å². The first-order valence-corrected chi connectivity index (χ1v) is 10.7. The zero-order valence-electron chi connectivity index (χ0n) is 18.2. The van der Waals surface area contributed by atoms with Gasteiger partial charge in [-0.1, -0.05) is 26.0 Å². The van der Waals surface area contributed by atoms with Gasteiger partial charge in [-0.3, -0.25) is 14.6 Å². The van der Waals surface area contributed by atoms with Crippen LogP contribution >= 0.6 is 0 Å². The molecule has 156 valence electrons. The molecular formula is C25H29N3O2. The monoisotopic (exact) mass is 403 g/mol. The molecule has 1 fully saturated rings. The van der Waals surface area contributed by atoms with Crippen LogP contribution in [-0.2, 0) is 7.05 Å². The number of rotatable bonds is 3. The summed E-state index contributed by atoms with van der Waals surface area (Å²) in [5, 5.41) is 1.48. The van der Waals surface area contributed by atoms with E-state index in [0.29, 0.717) is 17.2 Å². The largest absolute Gasteiger partial charge is 0.339 e. The quantitative estimate of drug-likeness (QED) is 0.651. The van der Waals surface area contributed by atoms with E-state index in [-0.39, 0.29) is 11.5 Å². The molecule has 30 heavy (non-hydrogen) atoms. The summed E-state index contributed by atoms with van der Waals surface area (Å²) in [6.45, 7) is 8.19. The smallest absolute Gasteiger partial charge is 0.259 e. The normalized spacial score (nSPS) is 15.2. The Bertz CT molecular complexity index is 1150. The number of fused-ring (bicyclic) bond motifs is 1. The standard InChI is InChI=1S/C25H29N3O2/c1-16(2)18-8-11-28(12-9-18)25(30)20-6-5-19(13-17(20)3)23-15-27(4)24(29)22-14-26-10-7-21(22)23/h5-7,10,13-16,18H,8-9,11-12H2,1-4H3. The number of benzene rings is 1. The molecule has 0 radical (unpaired) electrons. The van der Waals surface area contributed by atoms with Crippen molar-refractivity contribution in [1.82, 2.24) is 14.5 Å². The Hall–Kier alpha value is -2.95. The predicted octanol–water partition coefficient (Wildman–Crippen LogP) is 4.42. The van der Waals surface area contributed by atoms with E-state index < -0.39 is 0 Å². The van der Waals surface area contributed by atoms with Crippen molar-refractivity contribution in [2.75, 3.05) is 13.1 Å². The molecule has 0 aliphatic carbocycles. The Morgan fingerprint density at radius 1 is 1.13 bits per heavy atom. The number of likely N-dealkylation sites (tertiary alicyclic amines) is 1. The maximum atomic E-state index is 13.1. The van der Waals surface area contributed by atoms with Gasteiger partial charge in [0.2, 0.25) is 0 Å². The topological polar surface area (TPSA) is 55.2 Å². The fourth-order valence-corrected chi connectivity index (χ4v) is 4.55. The Kier molecular flexibility index (Phi) is 5.46. The van der Waals surface area contributed by atoms with Crippen LogP contribution < -0.4 is 5.56 Å². The zero-order valence-corrected chi connectivity index (χ0v) is 18.2. The number of carbonyl (C=O) groups is 1. The van der Waals surface area contributed by atoms with Crippen molar-refractivity contribution < 1.29 is 4.79 Å². The van der Waals surface area contributed by atoms with Gasteiger partial charge in [-0.15, -0.1) is 0 Å². The number of carbonyl (C=O) groups excluding carboxylic acids is 1. The van der Waals surface area contributed by atoms with Crippen LogP contribution in [0.4, 0.5) is 0 Å². The maximum Gasteiger partial charge on any atom is 0.259 e. The van der Waals surface area contributed by atoms with Gasteiger partial charge in [0.05, 0.1) is 5.39 Å². The molecule has 0 N–H and O–H groups in total. The number of aryl methyl sites for hydroxylation is 2. The molecule has 0 unspecified atom stereocenters. The zero-order chi connectivity index (χ0) is 21.4. The van der Waals surface area contributed by atoms with Gasteiger partial charge < -0.3 is 9.47 Å². The molecule has 1 amide bonds. The molecule has 5 heteroatoms. The summed E-state index contributed by atoms with van der Waals surface area (Å²) < 4.78 is 1.59. The summed E-state index contributed by atoms with van der Waals surface area (Å²) >= 11 is 0. The first-order chi connectivity index (χ1) is 14.4. The van der Waals surface area contributed by atoms with E-state index in [1.54, 1.807) is 24.0 Å². The van der Waals surface area contributed by atoms with Crippen LogP contribution in [0.3, 0.4) is 0 Å². The van der Waals surface area contributed by atoms with Gasteiger partial charge in [-0.05, 0) is 60.2 Å². The van der Waals surface area contributed by atoms with Crippen LogP contribution in [0.5, 0.6) is 0 Å². The fraction of sp³-hybridized carbons (Fsp3) is 0.400. The number of pyridine rings is 2. The highest BCUT2D eigenvalue weighted by atomic mass is 16.2. The second kappa shape index (κ2) is 8.05. The van der Waals surface area contributed by atoms with Gasteiger partial charge in [-0.2, -0.15) is 0 Å². The van der Waals surface area contributed by atoms with E-state index in [1.807, 2.05) is 42.3 Å². The molecule has 1 aliphatic rings. The fourth-order valence-electron chi connectivity index (χ4n) is 4.55. The van der Waals surface area contributed by atoms with E-state index in [2.05, 4.69) is 18.8 Å². The Morgan fingerprint density at radius 2 is 1.87 bits per heavy atom. The predicted molar refractivity (Wildman–Crippen MR) is 121 cm³/mol. The van der Waals surface area contributed by atoms with Crippen LogP contribution in [0.2, 0.25) is 0 Å². The van der Waals surface area contributed by atoms with Crippen LogP contribution in [0.25, 0.3) is 21.9 Å². The molecule has 3 heterocycles. The van der Waals surface area contributed by atoms with Gasteiger partial charge in [0, 0.05) is 49.9 Å². The molecular weight excluding hydrogens is 374 g/mol. The Balaban J connectivity index is 1.65. The highest BCUT2D eigenvalue weighted by Crippen LogP contribution is 2.29. The van der Waals surface area contributed by atoms with E-state index in [0.717, 1.165) is 53.6 Å². The van der Waals surface area contributed by atoms with E-state index in [4.69, 9.17) is 0 Å². The Labute approximate surface area is 177 Å². The maximum absolute atomic E-state index is 13.1. The summed E-state index contributed by atoms with van der Waals surface area (Å²) in [6, 6.07) is 7.84. The molecule has 0 atom stereocenters. The van der Waals surface area contributed by atoms with Crippen molar-refractivity contribution in [3.05, 3.63) is 64.3 Å². The van der Waals surface area contributed by atoms with Crippen LogP contribution in [0.1, 0.15) is 42.6 Å². The summed E-state index contributed by atoms with van der Waals surface area (Å²) in [7, 11) is 1.75. The average molecular weight is 404 g/mol. The van der Waals surface area contributed by atoms with Crippen molar-refractivity contribution in [3.8, 4) is 11.1 Å². The summed E-state index contributed by atoms with van der Waals surface area (Å²) in [4.78, 5) is 31.7. The minimum atomic E-state index is -0.0600. The minimum absolute atomic E-state index is 0.0600. The van der Waals surface area contributed by atoms with Crippen LogP contribution in [0, 0.1) is 18.8 Å². The molecule has 2 aromatic heterocycles. The van der Waals surface area contributed by atoms with Crippen LogP contribution in [0.15, 0.2) is 47.7 Å². The number of nitrogens with zero attached hydrogens (tertiary/aromatic N) is 3. The lowest BCUT2D eigenvalue weighted by Gasteiger charge is -2.34. The molecule has 0 saturated carbocycles. The third-order valence-corrected chi connectivity index (χ3v) is 6.52. The highest BCUT2D eigenvalue weighted by Gasteiger charge is 2.26. The van der Waals surface area contributed by atoms with E-state index >= 15 is 0 Å². The molecule has 1 aliphatic heterocycles.